The van der Waals surface area contributed by atoms with Crippen molar-refractivity contribution in [3.63, 3.8) is 0 Å². The Morgan fingerprint density at radius 1 is 0.652 bits per heavy atom. The highest BCUT2D eigenvalue weighted by Crippen LogP contribution is 2.45. The van der Waals surface area contributed by atoms with Gasteiger partial charge in [0.2, 0.25) is 0 Å². The summed E-state index contributed by atoms with van der Waals surface area (Å²) in [5.74, 6) is 0.254. The van der Waals surface area contributed by atoms with Crippen LogP contribution in [0.25, 0.3) is 49.6 Å². The molecule has 0 atom stereocenters. The van der Waals surface area contributed by atoms with Crippen LogP contribution in [0.1, 0.15) is 11.1 Å². The van der Waals surface area contributed by atoms with Crippen LogP contribution < -0.4 is 5.22 Å². The Balaban J connectivity index is 1.67. The topological polar surface area (TPSA) is 79.9 Å². The molecule has 0 aliphatic rings. The molecule has 1 heterocycles. The largest absolute Gasteiger partial charge is 0.480 e. The van der Waals surface area contributed by atoms with E-state index in [1.165, 1.54) is 6.21 Å². The molecule has 0 saturated heterocycles. The van der Waals surface area contributed by atoms with Gasteiger partial charge < -0.3 is 9.52 Å². The number of sulfonamides is 1. The number of rotatable bonds is 6. The van der Waals surface area contributed by atoms with Crippen LogP contribution in [0.5, 0.6) is 5.95 Å². The highest BCUT2D eigenvalue weighted by molar-refractivity contribution is 7.90. The summed E-state index contributed by atoms with van der Waals surface area (Å²) in [5, 5.41) is 15.4. The zero-order valence-electron chi connectivity index (χ0n) is 25.0. The lowest BCUT2D eigenvalue weighted by Crippen LogP contribution is -2.09. The lowest BCUT2D eigenvalue weighted by molar-refractivity contribution is 0.337. The third-order valence-corrected chi connectivity index (χ3v) is 9.31. The van der Waals surface area contributed by atoms with Crippen molar-refractivity contribution in [3.8, 4) is 28.4 Å². The van der Waals surface area contributed by atoms with Gasteiger partial charge in [0.15, 0.2) is 0 Å². The maximum atomic E-state index is 13.5. The number of aryl methyl sites for hydroxylation is 1. The molecule has 6 heteroatoms. The molecule has 7 aromatic rings. The SMILES string of the molecule is Cc1ccc(S(=O)(=O)/N=C/C(c2ccccc2)=c2\c3cccccc3c3c(-c4ccccc4)c(-c4ccccc4)oc(O)c23)cc1. The van der Waals surface area contributed by atoms with E-state index in [1.807, 2.05) is 128 Å². The second kappa shape index (κ2) is 12.0. The van der Waals surface area contributed by atoms with E-state index in [4.69, 9.17) is 4.42 Å². The van der Waals surface area contributed by atoms with E-state index in [-0.39, 0.29) is 10.8 Å². The van der Waals surface area contributed by atoms with Crippen molar-refractivity contribution < 1.29 is 17.9 Å². The average molecular weight is 620 g/mol. The van der Waals surface area contributed by atoms with Crippen molar-refractivity contribution in [3.05, 3.63) is 162 Å². The van der Waals surface area contributed by atoms with Gasteiger partial charge in [-0.1, -0.05) is 139 Å². The molecule has 1 aromatic heterocycles. The molecule has 0 radical (unpaired) electrons. The Hall–Kier alpha value is -5.72. The van der Waals surface area contributed by atoms with E-state index in [0.717, 1.165) is 44.0 Å². The van der Waals surface area contributed by atoms with Gasteiger partial charge in [-0.05, 0) is 41.0 Å². The lowest BCUT2D eigenvalue weighted by atomic mass is 9.95. The van der Waals surface area contributed by atoms with Crippen LogP contribution in [0.3, 0.4) is 0 Å². The van der Waals surface area contributed by atoms with Crippen LogP contribution in [0.2, 0.25) is 0 Å². The molecule has 224 valence electrons. The predicted octanol–water partition coefficient (Wildman–Crippen LogP) is 8.87. The van der Waals surface area contributed by atoms with Crippen molar-refractivity contribution in [1.29, 1.82) is 0 Å². The standard InChI is InChI=1S/C40H29NO4S/c1-27-22-24-31(25-23-27)46(43,44)41-26-34(28-14-6-2-7-15-28)36-32-20-12-5-13-21-33(32)37-35(29-16-8-3-9-17-29)39(45-40(42)38(36)37)30-18-10-4-11-19-30/h2-26,42H,1H3/b36-34-,41-26+. The molecule has 46 heavy (non-hydrogen) atoms. The van der Waals surface area contributed by atoms with Crippen LogP contribution in [-0.2, 0) is 10.0 Å². The van der Waals surface area contributed by atoms with E-state index in [0.29, 0.717) is 21.9 Å². The maximum absolute atomic E-state index is 13.5. The van der Waals surface area contributed by atoms with Crippen molar-refractivity contribution in [1.82, 2.24) is 0 Å². The van der Waals surface area contributed by atoms with Crippen molar-refractivity contribution in [2.45, 2.75) is 11.8 Å². The molecule has 0 aliphatic heterocycles. The van der Waals surface area contributed by atoms with Gasteiger partial charge in [-0.25, -0.2) is 0 Å². The zero-order valence-corrected chi connectivity index (χ0v) is 25.8. The monoisotopic (exact) mass is 619 g/mol. The Morgan fingerprint density at radius 3 is 1.83 bits per heavy atom. The molecule has 1 N–H and O–H groups in total. The van der Waals surface area contributed by atoms with E-state index in [1.54, 1.807) is 24.3 Å². The van der Waals surface area contributed by atoms with Gasteiger partial charge in [0.25, 0.3) is 16.0 Å². The molecule has 0 spiro atoms. The summed E-state index contributed by atoms with van der Waals surface area (Å²) in [4.78, 5) is 0.0992. The third-order valence-electron chi connectivity index (χ3n) is 8.06. The normalized spacial score (nSPS) is 12.5. The van der Waals surface area contributed by atoms with Gasteiger partial charge in [0.05, 0.1) is 10.3 Å². The van der Waals surface area contributed by atoms with Crippen LogP contribution in [0.15, 0.2) is 159 Å². The first-order chi connectivity index (χ1) is 22.4. The Bertz CT molecular complexity index is 2410. The number of fused-ring (bicyclic) bond motifs is 3. The summed E-state index contributed by atoms with van der Waals surface area (Å²) in [6.07, 6.45) is 1.39. The highest BCUT2D eigenvalue weighted by Gasteiger charge is 2.24. The predicted molar refractivity (Wildman–Crippen MR) is 186 cm³/mol. The van der Waals surface area contributed by atoms with Gasteiger partial charge in [-0.15, -0.1) is 0 Å². The fourth-order valence-electron chi connectivity index (χ4n) is 5.91. The van der Waals surface area contributed by atoms with Gasteiger partial charge >= 0.3 is 0 Å². The summed E-state index contributed by atoms with van der Waals surface area (Å²) in [6, 6.07) is 45.6. The van der Waals surface area contributed by atoms with Crippen molar-refractivity contribution in [2.24, 2.45) is 4.40 Å². The van der Waals surface area contributed by atoms with E-state index in [2.05, 4.69) is 4.40 Å². The van der Waals surface area contributed by atoms with Gasteiger partial charge in [0, 0.05) is 33.5 Å². The van der Waals surface area contributed by atoms with Crippen LogP contribution in [0, 0.1) is 6.92 Å². The molecule has 0 fully saturated rings. The molecule has 0 unspecified atom stereocenters. The Morgan fingerprint density at radius 2 is 1.20 bits per heavy atom. The van der Waals surface area contributed by atoms with Crippen molar-refractivity contribution >= 4 is 43.4 Å². The molecule has 0 aliphatic carbocycles. The summed E-state index contributed by atoms with van der Waals surface area (Å²) in [6.45, 7) is 1.90. The van der Waals surface area contributed by atoms with Crippen molar-refractivity contribution in [2.75, 3.05) is 0 Å². The summed E-state index contributed by atoms with van der Waals surface area (Å²) < 4.78 is 37.4. The molecule has 0 bridgehead atoms. The second-order valence-corrected chi connectivity index (χ2v) is 12.6. The third kappa shape index (κ3) is 5.29. The molecule has 0 saturated carbocycles. The van der Waals surface area contributed by atoms with Gasteiger partial charge in [-0.2, -0.15) is 12.8 Å². The fraction of sp³-hybridized carbons (Fsp3) is 0.0250. The highest BCUT2D eigenvalue weighted by atomic mass is 32.2. The number of nitrogens with zero attached hydrogens (tertiary/aromatic N) is 1. The zero-order chi connectivity index (χ0) is 31.7. The first kappa shape index (κ1) is 29.0. The Labute approximate surface area is 267 Å². The van der Waals surface area contributed by atoms with E-state index >= 15 is 0 Å². The number of hydrogen-bond acceptors (Lipinski definition) is 4. The smallest absolute Gasteiger partial charge is 0.291 e. The van der Waals surface area contributed by atoms with E-state index < -0.39 is 10.0 Å². The van der Waals surface area contributed by atoms with Gasteiger partial charge in [-0.3, -0.25) is 0 Å². The maximum Gasteiger partial charge on any atom is 0.291 e. The number of hydrogen-bond donors (Lipinski definition) is 1. The number of aromatic hydroxyl groups is 1. The number of benzene rings is 4. The lowest BCUT2D eigenvalue weighted by Gasteiger charge is -2.13. The molecule has 0 amide bonds. The average Bonchev–Trinajstić information content (AvgIpc) is 3.22. The second-order valence-electron chi connectivity index (χ2n) is 11.0. The van der Waals surface area contributed by atoms with Crippen LogP contribution in [0.4, 0.5) is 0 Å². The minimum atomic E-state index is -4.03. The molecular formula is C40H29NO4S. The summed E-state index contributed by atoms with van der Waals surface area (Å²) >= 11 is 0. The molecule has 7 rings (SSSR count). The summed E-state index contributed by atoms with van der Waals surface area (Å²) in [7, 11) is -4.03. The van der Waals surface area contributed by atoms with Gasteiger partial charge in [0.1, 0.15) is 5.76 Å². The summed E-state index contributed by atoms with van der Waals surface area (Å²) in [5.41, 5.74) is 4.76. The molecule has 5 nitrogen and oxygen atoms in total. The van der Waals surface area contributed by atoms with E-state index in [9.17, 15) is 13.5 Å². The molecule has 6 aromatic carbocycles. The Kier molecular flexibility index (Phi) is 7.56. The first-order valence-electron chi connectivity index (χ1n) is 14.9. The van der Waals surface area contributed by atoms with Crippen LogP contribution >= 0.6 is 0 Å². The first-order valence-corrected chi connectivity index (χ1v) is 16.3. The minimum Gasteiger partial charge on any atom is -0.480 e. The minimum absolute atomic E-state index is 0.0992. The molecular weight excluding hydrogens is 591 g/mol. The van der Waals surface area contributed by atoms with Crippen LogP contribution in [-0.4, -0.2) is 19.7 Å². The fourth-order valence-corrected chi connectivity index (χ4v) is 6.76. The quantitative estimate of drug-likeness (QED) is 0.189.